The molecule has 2 rings (SSSR count). The van der Waals surface area contributed by atoms with Crippen LogP contribution in [0.4, 0.5) is 5.69 Å². The van der Waals surface area contributed by atoms with E-state index in [2.05, 4.69) is 15.5 Å². The smallest absolute Gasteiger partial charge is 0.183 e. The summed E-state index contributed by atoms with van der Waals surface area (Å²) in [5.74, 6) is 1.18. The number of aryl methyl sites for hydroxylation is 1. The number of anilines is 1. The van der Waals surface area contributed by atoms with Crippen LogP contribution in [-0.2, 0) is 17.3 Å². The molecule has 0 aliphatic heterocycles. The maximum atomic E-state index is 11.0. The maximum absolute atomic E-state index is 11.0. The third-order valence-electron chi connectivity index (χ3n) is 2.56. The zero-order valence-corrected chi connectivity index (χ0v) is 12.0. The van der Waals surface area contributed by atoms with Gasteiger partial charge >= 0.3 is 0 Å². The van der Waals surface area contributed by atoms with E-state index in [0.29, 0.717) is 34.4 Å². The van der Waals surface area contributed by atoms with Gasteiger partial charge in [-0.25, -0.2) is 4.68 Å². The van der Waals surface area contributed by atoms with Gasteiger partial charge in [0.15, 0.2) is 5.82 Å². The summed E-state index contributed by atoms with van der Waals surface area (Å²) < 4.78 is 12.7. The Bertz CT molecular complexity index is 601. The van der Waals surface area contributed by atoms with Crippen LogP contribution in [0.3, 0.4) is 0 Å². The van der Waals surface area contributed by atoms with E-state index >= 15 is 0 Å². The van der Waals surface area contributed by atoms with Gasteiger partial charge in [-0.15, -0.1) is 5.10 Å². The largest absolute Gasteiger partial charge is 0.399 e. The van der Waals surface area contributed by atoms with Crippen LogP contribution in [0.1, 0.15) is 6.42 Å². The summed E-state index contributed by atoms with van der Waals surface area (Å²) in [5, 5.41) is 12.1. The molecule has 1 aromatic heterocycles. The molecule has 2 N–H and O–H groups in total. The van der Waals surface area contributed by atoms with E-state index in [1.807, 2.05) is 0 Å². The third-order valence-corrected chi connectivity index (χ3v) is 3.76. The second-order valence-electron chi connectivity index (χ2n) is 4.10. The van der Waals surface area contributed by atoms with Crippen LogP contribution in [0.5, 0.6) is 0 Å². The minimum atomic E-state index is -0.814. The van der Waals surface area contributed by atoms with Gasteiger partial charge in [0.2, 0.25) is 0 Å². The monoisotopic (exact) mass is 299 g/mol. The summed E-state index contributed by atoms with van der Waals surface area (Å²) in [6, 6.07) is 5.18. The van der Waals surface area contributed by atoms with Gasteiger partial charge in [-0.3, -0.25) is 4.21 Å². The Balaban J connectivity index is 2.23. The van der Waals surface area contributed by atoms with Gasteiger partial charge in [0, 0.05) is 40.6 Å². The molecule has 0 bridgehead atoms. The van der Waals surface area contributed by atoms with Gasteiger partial charge in [-0.2, -0.15) is 0 Å². The molecule has 1 unspecified atom stereocenters. The van der Waals surface area contributed by atoms with Crippen molar-refractivity contribution in [3.8, 4) is 11.4 Å². The lowest BCUT2D eigenvalue weighted by atomic mass is 10.2. The molecule has 0 spiro atoms. The average Bonchev–Trinajstić information content (AvgIpc) is 2.80. The lowest BCUT2D eigenvalue weighted by Crippen LogP contribution is -2.07. The van der Waals surface area contributed by atoms with Crippen molar-refractivity contribution in [1.29, 1.82) is 0 Å². The van der Waals surface area contributed by atoms with Crippen molar-refractivity contribution in [3.05, 3.63) is 23.2 Å². The molecule has 19 heavy (non-hydrogen) atoms. The molecule has 0 saturated heterocycles. The highest BCUT2D eigenvalue weighted by molar-refractivity contribution is 7.84. The van der Waals surface area contributed by atoms with Crippen LogP contribution in [-0.4, -0.2) is 36.4 Å². The van der Waals surface area contributed by atoms with Gasteiger partial charge in [0.1, 0.15) is 0 Å². The lowest BCUT2D eigenvalue weighted by molar-refractivity contribution is 0.583. The number of hydrogen-bond acceptors (Lipinski definition) is 5. The minimum absolute atomic E-state index is 0.546. The van der Waals surface area contributed by atoms with Crippen LogP contribution in [0.25, 0.3) is 11.4 Å². The molecule has 0 amide bonds. The van der Waals surface area contributed by atoms with Gasteiger partial charge in [-0.1, -0.05) is 11.6 Å². The molecule has 6 nitrogen and oxygen atoms in total. The summed E-state index contributed by atoms with van der Waals surface area (Å²) in [6.45, 7) is 0.590. The maximum Gasteiger partial charge on any atom is 0.183 e. The number of rotatable bonds is 5. The molecular weight excluding hydrogens is 286 g/mol. The summed E-state index contributed by atoms with van der Waals surface area (Å²) >= 11 is 6.13. The van der Waals surface area contributed by atoms with Crippen molar-refractivity contribution in [2.45, 2.75) is 13.0 Å². The van der Waals surface area contributed by atoms with Crippen molar-refractivity contribution in [1.82, 2.24) is 20.2 Å². The number of hydrogen-bond donors (Lipinski definition) is 1. The van der Waals surface area contributed by atoms with Crippen molar-refractivity contribution in [2.75, 3.05) is 17.7 Å². The Kier molecular flexibility index (Phi) is 4.49. The van der Waals surface area contributed by atoms with E-state index in [4.69, 9.17) is 17.3 Å². The fourth-order valence-corrected chi connectivity index (χ4v) is 2.42. The predicted octanol–water partition coefficient (Wildman–Crippen LogP) is 1.34. The molecule has 1 atom stereocenters. The molecule has 0 radical (unpaired) electrons. The average molecular weight is 300 g/mol. The molecule has 0 aliphatic rings. The second-order valence-corrected chi connectivity index (χ2v) is 6.06. The molecule has 1 heterocycles. The first-order valence-electron chi connectivity index (χ1n) is 5.69. The van der Waals surface area contributed by atoms with E-state index in [9.17, 15) is 4.21 Å². The lowest BCUT2D eigenvalue weighted by Gasteiger charge is -2.06. The van der Waals surface area contributed by atoms with Gasteiger partial charge in [0.25, 0.3) is 0 Å². The summed E-state index contributed by atoms with van der Waals surface area (Å²) in [4.78, 5) is 0. The first kappa shape index (κ1) is 14.0. The van der Waals surface area contributed by atoms with E-state index in [1.54, 1.807) is 29.1 Å². The summed E-state index contributed by atoms with van der Waals surface area (Å²) in [5.41, 5.74) is 7.05. The fourth-order valence-electron chi connectivity index (χ4n) is 1.68. The molecule has 8 heteroatoms. The van der Waals surface area contributed by atoms with Gasteiger partial charge in [-0.05, 0) is 35.0 Å². The van der Waals surface area contributed by atoms with E-state index in [0.717, 1.165) is 6.42 Å². The second kappa shape index (κ2) is 6.12. The number of tetrazole rings is 1. The highest BCUT2D eigenvalue weighted by atomic mass is 35.5. The number of halogens is 1. The molecule has 1 aromatic carbocycles. The third kappa shape index (κ3) is 3.51. The Morgan fingerprint density at radius 2 is 2.26 bits per heavy atom. The molecule has 0 saturated carbocycles. The Morgan fingerprint density at radius 1 is 1.47 bits per heavy atom. The highest BCUT2D eigenvalue weighted by Crippen LogP contribution is 2.27. The highest BCUT2D eigenvalue weighted by Gasteiger charge is 2.12. The standard InChI is InChI=1S/C11H14ClN5OS/c1-19(18)6-2-5-17-11(14-15-16-17)9-7-8(13)3-4-10(9)12/h3-4,7H,2,5-6,13H2,1H3. The summed E-state index contributed by atoms with van der Waals surface area (Å²) in [7, 11) is -0.814. The first-order chi connectivity index (χ1) is 9.08. The Morgan fingerprint density at radius 3 is 3.00 bits per heavy atom. The van der Waals surface area contributed by atoms with Crippen LogP contribution in [0.2, 0.25) is 5.02 Å². The van der Waals surface area contributed by atoms with Crippen molar-refractivity contribution >= 4 is 28.1 Å². The van der Waals surface area contributed by atoms with E-state index < -0.39 is 10.8 Å². The zero-order valence-electron chi connectivity index (χ0n) is 10.4. The SMILES string of the molecule is CS(=O)CCCn1nnnc1-c1cc(N)ccc1Cl. The molecule has 0 aliphatic carbocycles. The minimum Gasteiger partial charge on any atom is -0.399 e. The van der Waals surface area contributed by atoms with Crippen LogP contribution < -0.4 is 5.73 Å². The van der Waals surface area contributed by atoms with E-state index in [1.165, 1.54) is 0 Å². The van der Waals surface area contributed by atoms with Crippen molar-refractivity contribution in [2.24, 2.45) is 0 Å². The van der Waals surface area contributed by atoms with Crippen molar-refractivity contribution < 1.29 is 4.21 Å². The molecule has 0 fully saturated rings. The van der Waals surface area contributed by atoms with Crippen LogP contribution in [0, 0.1) is 0 Å². The Labute approximate surface area is 118 Å². The predicted molar refractivity (Wildman–Crippen MR) is 76.2 cm³/mol. The molecule has 2 aromatic rings. The van der Waals surface area contributed by atoms with Gasteiger partial charge < -0.3 is 5.73 Å². The van der Waals surface area contributed by atoms with Crippen LogP contribution in [0.15, 0.2) is 18.2 Å². The topological polar surface area (TPSA) is 86.7 Å². The number of nitrogens with two attached hydrogens (primary N) is 1. The van der Waals surface area contributed by atoms with E-state index in [-0.39, 0.29) is 0 Å². The Hall–Kier alpha value is -1.47. The summed E-state index contributed by atoms with van der Waals surface area (Å²) in [6.07, 6.45) is 2.41. The van der Waals surface area contributed by atoms with Crippen molar-refractivity contribution in [3.63, 3.8) is 0 Å². The zero-order chi connectivity index (χ0) is 13.8. The fraction of sp³-hybridized carbons (Fsp3) is 0.364. The number of nitrogens with zero attached hydrogens (tertiary/aromatic N) is 4. The quantitative estimate of drug-likeness (QED) is 0.842. The first-order valence-corrected chi connectivity index (χ1v) is 7.80. The molecular formula is C11H14ClN5OS. The normalized spacial score (nSPS) is 12.5. The van der Waals surface area contributed by atoms with Gasteiger partial charge in [0.05, 0.1) is 5.02 Å². The number of nitrogen functional groups attached to an aromatic ring is 1. The number of benzene rings is 1. The van der Waals surface area contributed by atoms with Crippen LogP contribution >= 0.6 is 11.6 Å². The number of aromatic nitrogens is 4. The molecule has 102 valence electrons.